The lowest BCUT2D eigenvalue weighted by Crippen LogP contribution is -2.10. The van der Waals surface area contributed by atoms with E-state index in [0.29, 0.717) is 0 Å². The molecule has 0 radical (unpaired) electrons. The number of benzene rings is 8. The lowest BCUT2D eigenvalue weighted by atomic mass is 10.0. The summed E-state index contributed by atoms with van der Waals surface area (Å²) >= 11 is 1.88. The van der Waals surface area contributed by atoms with Crippen LogP contribution in [-0.2, 0) is 0 Å². The number of hydrogen-bond donors (Lipinski definition) is 0. The van der Waals surface area contributed by atoms with Gasteiger partial charge in [0.25, 0.3) is 0 Å². The minimum atomic E-state index is 0.908. The highest BCUT2D eigenvalue weighted by atomic mass is 32.1. The van der Waals surface area contributed by atoms with Gasteiger partial charge in [-0.3, -0.25) is 0 Å². The van der Waals surface area contributed by atoms with Crippen molar-refractivity contribution in [1.82, 2.24) is 0 Å². The average Bonchev–Trinajstić information content (AvgIpc) is 3.74. The highest BCUT2D eigenvalue weighted by Crippen LogP contribution is 2.44. The second kappa shape index (κ2) is 11.2. The van der Waals surface area contributed by atoms with Gasteiger partial charge in [-0.2, -0.15) is 0 Å². The highest BCUT2D eigenvalue weighted by Gasteiger charge is 2.18. The molecule has 0 bridgehead atoms. The number of thiophene rings is 1. The lowest BCUT2D eigenvalue weighted by Gasteiger charge is -2.26. The van der Waals surface area contributed by atoms with Gasteiger partial charge in [-0.15, -0.1) is 11.3 Å². The number of rotatable bonds is 5. The summed E-state index contributed by atoms with van der Waals surface area (Å²) in [6, 6.07) is 63.2. The van der Waals surface area contributed by atoms with E-state index in [1.54, 1.807) is 0 Å². The zero-order valence-corrected chi connectivity index (χ0v) is 27.3. The molecule has 0 unspecified atom stereocenters. The van der Waals surface area contributed by atoms with Gasteiger partial charge in [0, 0.05) is 53.6 Å². The van der Waals surface area contributed by atoms with Gasteiger partial charge in [-0.1, -0.05) is 127 Å². The van der Waals surface area contributed by atoms with E-state index in [1.165, 1.54) is 42.1 Å². The molecule has 0 fully saturated rings. The number of hydrogen-bond acceptors (Lipinski definition) is 3. The molecule has 230 valence electrons. The fourth-order valence-electron chi connectivity index (χ4n) is 7.30. The van der Waals surface area contributed by atoms with E-state index in [2.05, 4.69) is 169 Å². The molecule has 10 rings (SSSR count). The van der Waals surface area contributed by atoms with Crippen molar-refractivity contribution in [1.29, 1.82) is 0 Å². The minimum absolute atomic E-state index is 0.908. The Morgan fingerprint density at radius 2 is 1.10 bits per heavy atom. The first-order valence-electron chi connectivity index (χ1n) is 16.6. The maximum Gasteiger partial charge on any atom is 0.143 e. The molecule has 10 aromatic rings. The monoisotopic (exact) mass is 643 g/mol. The molecule has 0 spiro atoms. The van der Waals surface area contributed by atoms with E-state index in [0.717, 1.165) is 50.1 Å². The van der Waals surface area contributed by atoms with Crippen LogP contribution in [0, 0.1) is 0 Å². The Balaban J connectivity index is 1.16. The third-order valence-electron chi connectivity index (χ3n) is 9.66. The van der Waals surface area contributed by atoms with E-state index < -0.39 is 0 Å². The smallest absolute Gasteiger partial charge is 0.143 e. The van der Waals surface area contributed by atoms with Crippen LogP contribution < -0.4 is 4.90 Å². The van der Waals surface area contributed by atoms with Crippen LogP contribution in [0.1, 0.15) is 0 Å². The first-order valence-corrected chi connectivity index (χ1v) is 17.4. The van der Waals surface area contributed by atoms with Gasteiger partial charge in [-0.05, 0) is 76.0 Å². The third-order valence-corrected chi connectivity index (χ3v) is 10.9. The third kappa shape index (κ3) is 4.62. The SMILES string of the molecule is c1ccc(-c2ccc(N(c3cccc(-c4cccc5c4oc4ccccc45)c3)c3ccc4sc5c6ccccc6ccc5c4c3)cc2)cc1. The number of nitrogens with zero attached hydrogens (tertiary/aromatic N) is 1. The van der Waals surface area contributed by atoms with E-state index in [-0.39, 0.29) is 0 Å². The molecule has 0 aliphatic rings. The Morgan fingerprint density at radius 3 is 2.00 bits per heavy atom. The normalized spacial score (nSPS) is 11.7. The minimum Gasteiger partial charge on any atom is -0.455 e. The second-order valence-electron chi connectivity index (χ2n) is 12.5. The van der Waals surface area contributed by atoms with Crippen molar-refractivity contribution in [3.05, 3.63) is 176 Å². The van der Waals surface area contributed by atoms with Crippen LogP contribution in [-0.4, -0.2) is 0 Å². The van der Waals surface area contributed by atoms with Crippen molar-refractivity contribution in [2.24, 2.45) is 0 Å². The van der Waals surface area contributed by atoms with Gasteiger partial charge in [0.15, 0.2) is 0 Å². The second-order valence-corrected chi connectivity index (χ2v) is 13.6. The maximum atomic E-state index is 6.46. The molecular formula is C46H29NOS. The van der Waals surface area contributed by atoms with Gasteiger partial charge in [-0.25, -0.2) is 0 Å². The van der Waals surface area contributed by atoms with Gasteiger partial charge >= 0.3 is 0 Å². The predicted octanol–water partition coefficient (Wildman–Crippen LogP) is 13.9. The molecule has 0 N–H and O–H groups in total. The van der Waals surface area contributed by atoms with E-state index in [9.17, 15) is 0 Å². The molecule has 0 saturated carbocycles. The molecule has 8 aromatic carbocycles. The number of furan rings is 1. The van der Waals surface area contributed by atoms with E-state index >= 15 is 0 Å². The molecule has 0 atom stereocenters. The fraction of sp³-hybridized carbons (Fsp3) is 0. The van der Waals surface area contributed by atoms with Crippen molar-refractivity contribution in [3.8, 4) is 22.3 Å². The lowest BCUT2D eigenvalue weighted by molar-refractivity contribution is 0.670. The maximum absolute atomic E-state index is 6.46. The molecule has 0 amide bonds. The molecule has 0 aliphatic heterocycles. The summed E-state index contributed by atoms with van der Waals surface area (Å²) in [5, 5.41) is 7.43. The summed E-state index contributed by atoms with van der Waals surface area (Å²) in [4.78, 5) is 2.38. The summed E-state index contributed by atoms with van der Waals surface area (Å²) in [7, 11) is 0. The predicted molar refractivity (Wildman–Crippen MR) is 210 cm³/mol. The molecule has 49 heavy (non-hydrogen) atoms. The summed E-state index contributed by atoms with van der Waals surface area (Å²) in [6.45, 7) is 0. The molecule has 2 aromatic heterocycles. The summed E-state index contributed by atoms with van der Waals surface area (Å²) in [5.41, 5.74) is 9.73. The zero-order valence-electron chi connectivity index (χ0n) is 26.5. The Morgan fingerprint density at radius 1 is 0.408 bits per heavy atom. The first kappa shape index (κ1) is 27.9. The summed E-state index contributed by atoms with van der Waals surface area (Å²) < 4.78 is 9.09. The number of anilines is 3. The molecular weight excluding hydrogens is 615 g/mol. The number of fused-ring (bicyclic) bond motifs is 8. The van der Waals surface area contributed by atoms with Gasteiger partial charge < -0.3 is 9.32 Å². The van der Waals surface area contributed by atoms with Crippen LogP contribution in [0.3, 0.4) is 0 Å². The van der Waals surface area contributed by atoms with Crippen LogP contribution in [0.25, 0.3) is 75.1 Å². The standard InChI is InChI=1S/C46H29NOS/c1-2-10-30(11-3-1)31-20-23-34(24-21-31)47(36-25-27-44-42(29-36)41-26-22-32-12-4-5-15-38(32)46(41)49-44)35-14-8-13-33(28-35)37-17-9-18-40-39-16-6-7-19-43(39)48-45(37)40/h1-29H. The van der Waals surface area contributed by atoms with E-state index in [1.807, 2.05) is 23.5 Å². The van der Waals surface area contributed by atoms with Crippen LogP contribution in [0.5, 0.6) is 0 Å². The van der Waals surface area contributed by atoms with Crippen molar-refractivity contribution in [2.45, 2.75) is 0 Å². The fourth-order valence-corrected chi connectivity index (χ4v) is 8.52. The zero-order chi connectivity index (χ0) is 32.3. The summed E-state index contributed by atoms with van der Waals surface area (Å²) in [5.74, 6) is 0. The Kier molecular flexibility index (Phi) is 6.39. The van der Waals surface area contributed by atoms with Crippen LogP contribution in [0.4, 0.5) is 17.1 Å². The van der Waals surface area contributed by atoms with Crippen molar-refractivity contribution in [2.75, 3.05) is 4.90 Å². The molecule has 2 heterocycles. The average molecular weight is 644 g/mol. The summed E-state index contributed by atoms with van der Waals surface area (Å²) in [6.07, 6.45) is 0. The van der Waals surface area contributed by atoms with Crippen molar-refractivity contribution < 1.29 is 4.42 Å². The van der Waals surface area contributed by atoms with E-state index in [4.69, 9.17) is 4.42 Å². The van der Waals surface area contributed by atoms with Gasteiger partial charge in [0.2, 0.25) is 0 Å². The molecule has 3 heteroatoms. The van der Waals surface area contributed by atoms with Crippen LogP contribution in [0.15, 0.2) is 180 Å². The number of para-hydroxylation sites is 2. The molecule has 0 aliphatic carbocycles. The molecule has 0 saturated heterocycles. The Hall–Kier alpha value is -6.16. The van der Waals surface area contributed by atoms with Gasteiger partial charge in [0.1, 0.15) is 11.2 Å². The topological polar surface area (TPSA) is 16.4 Å². The van der Waals surface area contributed by atoms with Crippen molar-refractivity contribution in [3.63, 3.8) is 0 Å². The first-order chi connectivity index (χ1) is 24.3. The Bertz CT molecular complexity index is 2830. The van der Waals surface area contributed by atoms with Gasteiger partial charge in [0.05, 0.1) is 0 Å². The van der Waals surface area contributed by atoms with Crippen molar-refractivity contribution >= 4 is 81.3 Å². The highest BCUT2D eigenvalue weighted by molar-refractivity contribution is 7.26. The Labute approximate surface area is 287 Å². The quantitative estimate of drug-likeness (QED) is 0.186. The molecule has 2 nitrogen and oxygen atoms in total. The van der Waals surface area contributed by atoms with Crippen LogP contribution in [0.2, 0.25) is 0 Å². The van der Waals surface area contributed by atoms with Crippen LogP contribution >= 0.6 is 11.3 Å². The largest absolute Gasteiger partial charge is 0.455 e.